The molecular weight excluding hydrogens is 404 g/mol. The van der Waals surface area contributed by atoms with E-state index < -0.39 is 0 Å². The number of benzene rings is 1. The first-order chi connectivity index (χ1) is 15.3. The van der Waals surface area contributed by atoms with Crippen LogP contribution in [0.15, 0.2) is 40.2 Å². The molecule has 1 saturated heterocycles. The van der Waals surface area contributed by atoms with E-state index in [1.54, 1.807) is 0 Å². The Bertz CT molecular complexity index is 834. The number of nitrogens with zero attached hydrogens (tertiary/aromatic N) is 5. The van der Waals surface area contributed by atoms with E-state index in [0.717, 1.165) is 69.7 Å². The van der Waals surface area contributed by atoms with Gasteiger partial charge < -0.3 is 14.8 Å². The first kappa shape index (κ1) is 22.2. The lowest BCUT2D eigenvalue weighted by Crippen LogP contribution is -2.40. The molecule has 2 aromatic rings. The van der Waals surface area contributed by atoms with Crippen LogP contribution in [0.4, 0.5) is 0 Å². The molecule has 0 radical (unpaired) electrons. The molecule has 1 N–H and O–H groups in total. The minimum Gasteiger partial charge on any atom is -0.357 e. The van der Waals surface area contributed by atoms with Gasteiger partial charge in [-0.1, -0.05) is 24.6 Å². The Labute approximate surface area is 190 Å². The average Bonchev–Trinajstić information content (AvgIpc) is 3.35. The van der Waals surface area contributed by atoms with Crippen molar-refractivity contribution in [3.05, 3.63) is 42.0 Å². The number of hydrogen-bond donors (Lipinski definition) is 1. The molecule has 7 heteroatoms. The van der Waals surface area contributed by atoms with Crippen molar-refractivity contribution in [2.75, 3.05) is 31.9 Å². The summed E-state index contributed by atoms with van der Waals surface area (Å²) in [6.07, 6.45) is 8.11. The zero-order valence-corrected chi connectivity index (χ0v) is 19.6. The molecule has 2 aliphatic heterocycles. The van der Waals surface area contributed by atoms with E-state index in [2.05, 4.69) is 62.2 Å². The zero-order valence-electron chi connectivity index (χ0n) is 18.8. The molecule has 1 aromatic heterocycles. The maximum atomic E-state index is 4.95. The van der Waals surface area contributed by atoms with Gasteiger partial charge in [-0.25, -0.2) is 0 Å². The highest BCUT2D eigenvalue weighted by Crippen LogP contribution is 2.26. The molecule has 1 unspecified atom stereocenters. The van der Waals surface area contributed by atoms with Crippen LogP contribution in [0.3, 0.4) is 0 Å². The van der Waals surface area contributed by atoms with Gasteiger partial charge in [-0.3, -0.25) is 4.99 Å². The molecule has 0 bridgehead atoms. The normalized spacial score (nSPS) is 19.3. The number of guanidine groups is 1. The Morgan fingerprint density at radius 3 is 2.94 bits per heavy atom. The van der Waals surface area contributed by atoms with Crippen molar-refractivity contribution < 1.29 is 0 Å². The fraction of sp³-hybridized carbons (Fsp3) is 0.625. The van der Waals surface area contributed by atoms with Crippen LogP contribution in [-0.4, -0.2) is 57.6 Å². The molecular formula is C24H36N6S. The van der Waals surface area contributed by atoms with E-state index in [0.29, 0.717) is 0 Å². The van der Waals surface area contributed by atoms with Crippen molar-refractivity contribution in [1.82, 2.24) is 25.0 Å². The molecule has 6 nitrogen and oxygen atoms in total. The molecule has 4 rings (SSSR count). The molecule has 2 aliphatic rings. The van der Waals surface area contributed by atoms with Crippen LogP contribution in [0.1, 0.15) is 50.7 Å². The summed E-state index contributed by atoms with van der Waals surface area (Å²) >= 11 is 1.98. The lowest BCUT2D eigenvalue weighted by atomic mass is 10.2. The molecule has 0 spiro atoms. The van der Waals surface area contributed by atoms with Crippen LogP contribution in [-0.2, 0) is 19.4 Å². The molecule has 0 saturated carbocycles. The predicted octanol–water partition coefficient (Wildman–Crippen LogP) is 4.02. The van der Waals surface area contributed by atoms with Crippen LogP contribution in [0.5, 0.6) is 0 Å². The largest absolute Gasteiger partial charge is 0.357 e. The monoisotopic (exact) mass is 440 g/mol. The molecule has 168 valence electrons. The fourth-order valence-electron chi connectivity index (χ4n) is 4.47. The van der Waals surface area contributed by atoms with Gasteiger partial charge in [0.1, 0.15) is 11.6 Å². The summed E-state index contributed by atoms with van der Waals surface area (Å²) in [5.41, 5.74) is 0. The van der Waals surface area contributed by atoms with Gasteiger partial charge in [0, 0.05) is 56.2 Å². The van der Waals surface area contributed by atoms with Crippen molar-refractivity contribution in [3.8, 4) is 0 Å². The second-order valence-corrected chi connectivity index (χ2v) is 9.65. The third-order valence-electron chi connectivity index (χ3n) is 6.16. The second kappa shape index (κ2) is 11.6. The predicted molar refractivity (Wildman–Crippen MR) is 129 cm³/mol. The highest BCUT2D eigenvalue weighted by atomic mass is 32.2. The van der Waals surface area contributed by atoms with Gasteiger partial charge in [-0.05, 0) is 50.7 Å². The van der Waals surface area contributed by atoms with E-state index >= 15 is 0 Å². The summed E-state index contributed by atoms with van der Waals surface area (Å²) in [6.45, 7) is 7.19. The Balaban J connectivity index is 1.25. The van der Waals surface area contributed by atoms with Gasteiger partial charge in [0.2, 0.25) is 0 Å². The summed E-state index contributed by atoms with van der Waals surface area (Å²) < 4.78 is 2.36. The molecule has 1 fully saturated rings. The average molecular weight is 441 g/mol. The SMILES string of the molecule is CCNC(=NCCCc1nnc2n1CCCCC2)N1CCC(CSc2ccccc2)C1. The maximum Gasteiger partial charge on any atom is 0.193 e. The van der Waals surface area contributed by atoms with Gasteiger partial charge in [-0.2, -0.15) is 0 Å². The van der Waals surface area contributed by atoms with E-state index in [9.17, 15) is 0 Å². The number of aryl methyl sites for hydroxylation is 2. The van der Waals surface area contributed by atoms with Crippen LogP contribution in [0.25, 0.3) is 0 Å². The smallest absolute Gasteiger partial charge is 0.193 e. The number of aliphatic imine (C=N–C) groups is 1. The van der Waals surface area contributed by atoms with Gasteiger partial charge in [0.25, 0.3) is 0 Å². The van der Waals surface area contributed by atoms with E-state index in [1.807, 2.05) is 11.8 Å². The Morgan fingerprint density at radius 1 is 1.16 bits per heavy atom. The summed E-state index contributed by atoms with van der Waals surface area (Å²) in [5.74, 6) is 5.31. The number of rotatable bonds is 8. The summed E-state index contributed by atoms with van der Waals surface area (Å²) in [5, 5.41) is 12.4. The number of nitrogens with one attached hydrogen (secondary N) is 1. The number of thioether (sulfide) groups is 1. The van der Waals surface area contributed by atoms with Crippen molar-refractivity contribution in [2.24, 2.45) is 10.9 Å². The lowest BCUT2D eigenvalue weighted by molar-refractivity contribution is 0.474. The topological polar surface area (TPSA) is 58.3 Å². The first-order valence-corrected chi connectivity index (χ1v) is 12.9. The summed E-state index contributed by atoms with van der Waals surface area (Å²) in [4.78, 5) is 8.76. The number of hydrogen-bond acceptors (Lipinski definition) is 4. The highest BCUT2D eigenvalue weighted by Gasteiger charge is 2.25. The standard InChI is InChI=1S/C24H36N6S/c1-2-25-24(29-17-14-20(18-29)19-31-21-10-5-3-6-11-21)26-15-9-13-23-28-27-22-12-7-4-8-16-30(22)23/h3,5-6,10-11,20H,2,4,7-9,12-19H2,1H3,(H,25,26). The first-order valence-electron chi connectivity index (χ1n) is 12.0. The van der Waals surface area contributed by atoms with Gasteiger partial charge in [0.15, 0.2) is 5.96 Å². The Hall–Kier alpha value is -2.02. The highest BCUT2D eigenvalue weighted by molar-refractivity contribution is 7.99. The van der Waals surface area contributed by atoms with Crippen molar-refractivity contribution in [3.63, 3.8) is 0 Å². The van der Waals surface area contributed by atoms with Gasteiger partial charge in [0.05, 0.1) is 0 Å². The molecule has 0 amide bonds. The van der Waals surface area contributed by atoms with Crippen LogP contribution in [0, 0.1) is 5.92 Å². The number of fused-ring (bicyclic) bond motifs is 1. The quantitative estimate of drug-likeness (QED) is 0.291. The van der Waals surface area contributed by atoms with Gasteiger partial charge >= 0.3 is 0 Å². The molecule has 1 aromatic carbocycles. The fourth-order valence-corrected chi connectivity index (χ4v) is 5.52. The minimum absolute atomic E-state index is 0.723. The number of likely N-dealkylation sites (tertiary alicyclic amines) is 1. The van der Waals surface area contributed by atoms with Crippen LogP contribution in [0.2, 0.25) is 0 Å². The second-order valence-electron chi connectivity index (χ2n) is 8.56. The van der Waals surface area contributed by atoms with Crippen molar-refractivity contribution >= 4 is 17.7 Å². The maximum absolute atomic E-state index is 4.95. The van der Waals surface area contributed by atoms with Crippen LogP contribution < -0.4 is 5.32 Å². The van der Waals surface area contributed by atoms with Crippen molar-refractivity contribution in [1.29, 1.82) is 0 Å². The number of aromatic nitrogens is 3. The van der Waals surface area contributed by atoms with Crippen molar-refractivity contribution in [2.45, 2.75) is 63.3 Å². The molecule has 31 heavy (non-hydrogen) atoms. The third-order valence-corrected chi connectivity index (χ3v) is 7.40. The molecule has 0 aliphatic carbocycles. The lowest BCUT2D eigenvalue weighted by Gasteiger charge is -2.21. The van der Waals surface area contributed by atoms with Crippen LogP contribution >= 0.6 is 11.8 Å². The minimum atomic E-state index is 0.723. The summed E-state index contributed by atoms with van der Waals surface area (Å²) in [7, 11) is 0. The molecule has 1 atom stereocenters. The zero-order chi connectivity index (χ0) is 21.3. The summed E-state index contributed by atoms with van der Waals surface area (Å²) in [6, 6.07) is 10.7. The van der Waals surface area contributed by atoms with E-state index in [-0.39, 0.29) is 0 Å². The third kappa shape index (κ3) is 6.25. The molecule has 3 heterocycles. The van der Waals surface area contributed by atoms with Gasteiger partial charge in [-0.15, -0.1) is 22.0 Å². The van der Waals surface area contributed by atoms with E-state index in [1.165, 1.54) is 42.2 Å². The Kier molecular flexibility index (Phi) is 8.27. The van der Waals surface area contributed by atoms with E-state index in [4.69, 9.17) is 4.99 Å². The Morgan fingerprint density at radius 2 is 2.06 bits per heavy atom.